The highest BCUT2D eigenvalue weighted by Crippen LogP contribution is 2.19. The lowest BCUT2D eigenvalue weighted by atomic mass is 9.99. The number of hydrogen-bond donors (Lipinski definition) is 1. The first-order chi connectivity index (χ1) is 8.61. The number of nitrogens with two attached hydrogens (primary N) is 1. The zero-order valence-corrected chi connectivity index (χ0v) is 11.3. The number of ketones is 1. The third-order valence-electron chi connectivity index (χ3n) is 2.85. The Balaban J connectivity index is 2.35. The molecule has 0 aliphatic carbocycles. The van der Waals surface area contributed by atoms with Crippen molar-refractivity contribution >= 4 is 23.2 Å². The molecule has 0 heterocycles. The first-order valence-corrected chi connectivity index (χ1v) is 6.89. The first kappa shape index (κ1) is 12.7. The molecule has 2 aromatic rings. The van der Waals surface area contributed by atoms with Crippen molar-refractivity contribution in [2.45, 2.75) is 11.8 Å². The van der Waals surface area contributed by atoms with Crippen molar-refractivity contribution in [1.29, 1.82) is 0 Å². The maximum absolute atomic E-state index is 12.3. The molecule has 0 aliphatic rings. The molecule has 0 fully saturated rings. The monoisotopic (exact) mass is 257 g/mol. The van der Waals surface area contributed by atoms with Crippen molar-refractivity contribution in [3.05, 3.63) is 59.2 Å². The fourth-order valence-corrected chi connectivity index (χ4v) is 2.25. The number of anilines is 1. The number of aryl methyl sites for hydroxylation is 1. The highest BCUT2D eigenvalue weighted by Gasteiger charge is 2.11. The Morgan fingerprint density at radius 1 is 1.11 bits per heavy atom. The predicted molar refractivity (Wildman–Crippen MR) is 77.2 cm³/mol. The number of hydrogen-bond acceptors (Lipinski definition) is 3. The Hall–Kier alpha value is -1.74. The molecule has 3 heteroatoms. The molecule has 0 unspecified atom stereocenters. The van der Waals surface area contributed by atoms with Crippen LogP contribution in [-0.2, 0) is 0 Å². The highest BCUT2D eigenvalue weighted by atomic mass is 32.2. The number of carbonyl (C=O) groups is 1. The van der Waals surface area contributed by atoms with E-state index >= 15 is 0 Å². The van der Waals surface area contributed by atoms with Gasteiger partial charge in [-0.15, -0.1) is 11.8 Å². The van der Waals surface area contributed by atoms with E-state index in [4.69, 9.17) is 5.73 Å². The molecule has 0 atom stereocenters. The van der Waals surface area contributed by atoms with Crippen LogP contribution in [0.1, 0.15) is 21.5 Å². The van der Waals surface area contributed by atoms with Crippen LogP contribution in [0.15, 0.2) is 47.4 Å². The molecule has 2 rings (SSSR count). The maximum Gasteiger partial charge on any atom is 0.193 e. The van der Waals surface area contributed by atoms with E-state index in [9.17, 15) is 4.79 Å². The zero-order chi connectivity index (χ0) is 13.1. The Bertz CT molecular complexity index is 576. The number of benzene rings is 2. The molecule has 0 radical (unpaired) electrons. The van der Waals surface area contributed by atoms with Crippen LogP contribution < -0.4 is 5.73 Å². The number of nitrogen functional groups attached to an aromatic ring is 1. The average molecular weight is 257 g/mol. The van der Waals surface area contributed by atoms with Gasteiger partial charge in [0.05, 0.1) is 0 Å². The van der Waals surface area contributed by atoms with Crippen LogP contribution in [0.2, 0.25) is 0 Å². The fourth-order valence-electron chi connectivity index (χ4n) is 1.84. The van der Waals surface area contributed by atoms with Crippen LogP contribution in [0.4, 0.5) is 5.69 Å². The van der Waals surface area contributed by atoms with Gasteiger partial charge >= 0.3 is 0 Å². The summed E-state index contributed by atoms with van der Waals surface area (Å²) in [5.41, 5.74) is 8.70. The largest absolute Gasteiger partial charge is 0.399 e. The van der Waals surface area contributed by atoms with Crippen LogP contribution in [0.3, 0.4) is 0 Å². The quantitative estimate of drug-likeness (QED) is 0.519. The molecule has 0 bridgehead atoms. The average Bonchev–Trinajstić information content (AvgIpc) is 2.38. The molecule has 0 saturated heterocycles. The molecule has 2 aromatic carbocycles. The molecular formula is C15H15NOS. The third kappa shape index (κ3) is 2.57. The standard InChI is InChI=1S/C15H15NOS/c1-10-9-12(16)5-8-14(10)15(17)11-3-6-13(18-2)7-4-11/h3-9H,16H2,1-2H3. The van der Waals surface area contributed by atoms with Crippen LogP contribution in [0.25, 0.3) is 0 Å². The summed E-state index contributed by atoms with van der Waals surface area (Å²) >= 11 is 1.66. The molecule has 0 amide bonds. The lowest BCUT2D eigenvalue weighted by molar-refractivity contribution is 0.103. The fraction of sp³-hybridized carbons (Fsp3) is 0.133. The molecule has 0 aliphatic heterocycles. The molecular weight excluding hydrogens is 242 g/mol. The summed E-state index contributed by atoms with van der Waals surface area (Å²) in [4.78, 5) is 13.5. The van der Waals surface area contributed by atoms with Gasteiger partial charge in [-0.3, -0.25) is 4.79 Å². The molecule has 2 nitrogen and oxygen atoms in total. The van der Waals surface area contributed by atoms with Crippen molar-refractivity contribution in [2.75, 3.05) is 12.0 Å². The molecule has 0 aromatic heterocycles. The molecule has 18 heavy (non-hydrogen) atoms. The van der Waals surface area contributed by atoms with E-state index in [1.165, 1.54) is 0 Å². The second-order valence-electron chi connectivity index (χ2n) is 4.13. The number of rotatable bonds is 3. The van der Waals surface area contributed by atoms with Crippen LogP contribution in [0, 0.1) is 6.92 Å². The minimum Gasteiger partial charge on any atom is -0.399 e. The summed E-state index contributed by atoms with van der Waals surface area (Å²) in [5, 5.41) is 0. The van der Waals surface area contributed by atoms with E-state index in [0.29, 0.717) is 16.8 Å². The smallest absolute Gasteiger partial charge is 0.193 e. The second-order valence-corrected chi connectivity index (χ2v) is 5.01. The summed E-state index contributed by atoms with van der Waals surface area (Å²) in [6.07, 6.45) is 2.01. The van der Waals surface area contributed by atoms with E-state index in [2.05, 4.69) is 0 Å². The SMILES string of the molecule is CSc1ccc(C(=O)c2ccc(N)cc2C)cc1. The normalized spacial score (nSPS) is 10.3. The topological polar surface area (TPSA) is 43.1 Å². The van der Waals surface area contributed by atoms with Crippen molar-refractivity contribution < 1.29 is 4.79 Å². The predicted octanol–water partition coefficient (Wildman–Crippen LogP) is 3.53. The molecule has 0 spiro atoms. The zero-order valence-electron chi connectivity index (χ0n) is 10.4. The van der Waals surface area contributed by atoms with Gasteiger partial charge in [0.2, 0.25) is 0 Å². The van der Waals surface area contributed by atoms with E-state index < -0.39 is 0 Å². The van der Waals surface area contributed by atoms with Gasteiger partial charge in [-0.05, 0) is 61.2 Å². The van der Waals surface area contributed by atoms with Gasteiger partial charge < -0.3 is 5.73 Å². The minimum atomic E-state index is 0.0418. The van der Waals surface area contributed by atoms with Gasteiger partial charge in [-0.25, -0.2) is 0 Å². The van der Waals surface area contributed by atoms with Crippen molar-refractivity contribution in [2.24, 2.45) is 0 Å². The lowest BCUT2D eigenvalue weighted by Crippen LogP contribution is -2.04. The van der Waals surface area contributed by atoms with Gasteiger partial charge in [0, 0.05) is 21.7 Å². The van der Waals surface area contributed by atoms with Gasteiger partial charge in [-0.1, -0.05) is 0 Å². The van der Waals surface area contributed by atoms with Gasteiger partial charge in [0.15, 0.2) is 5.78 Å². The van der Waals surface area contributed by atoms with Crippen LogP contribution in [-0.4, -0.2) is 12.0 Å². The maximum atomic E-state index is 12.3. The Kier molecular flexibility index (Phi) is 3.72. The van der Waals surface area contributed by atoms with Crippen molar-refractivity contribution in [1.82, 2.24) is 0 Å². The molecule has 92 valence electrons. The second kappa shape index (κ2) is 5.27. The van der Waals surface area contributed by atoms with E-state index in [1.54, 1.807) is 23.9 Å². The first-order valence-electron chi connectivity index (χ1n) is 5.66. The summed E-state index contributed by atoms with van der Waals surface area (Å²) in [6, 6.07) is 13.0. The van der Waals surface area contributed by atoms with Gasteiger partial charge in [-0.2, -0.15) is 0 Å². The van der Waals surface area contributed by atoms with Gasteiger partial charge in [0.25, 0.3) is 0 Å². The molecule has 0 saturated carbocycles. The van der Waals surface area contributed by atoms with Gasteiger partial charge in [0.1, 0.15) is 0 Å². The van der Waals surface area contributed by atoms with E-state index in [0.717, 1.165) is 10.5 Å². The Morgan fingerprint density at radius 2 is 1.78 bits per heavy atom. The van der Waals surface area contributed by atoms with E-state index in [1.807, 2.05) is 43.5 Å². The number of thioether (sulfide) groups is 1. The van der Waals surface area contributed by atoms with Crippen molar-refractivity contribution in [3.8, 4) is 0 Å². The highest BCUT2D eigenvalue weighted by molar-refractivity contribution is 7.98. The van der Waals surface area contributed by atoms with Crippen LogP contribution in [0.5, 0.6) is 0 Å². The Labute approximate surface area is 111 Å². The Morgan fingerprint density at radius 3 is 2.33 bits per heavy atom. The summed E-state index contributed by atoms with van der Waals surface area (Å²) < 4.78 is 0. The number of carbonyl (C=O) groups excluding carboxylic acids is 1. The molecule has 2 N–H and O–H groups in total. The summed E-state index contributed by atoms with van der Waals surface area (Å²) in [6.45, 7) is 1.90. The third-order valence-corrected chi connectivity index (χ3v) is 3.59. The lowest BCUT2D eigenvalue weighted by Gasteiger charge is -2.06. The van der Waals surface area contributed by atoms with Crippen molar-refractivity contribution in [3.63, 3.8) is 0 Å². The summed E-state index contributed by atoms with van der Waals surface area (Å²) in [5.74, 6) is 0.0418. The van der Waals surface area contributed by atoms with Crippen LogP contribution >= 0.6 is 11.8 Å². The summed E-state index contributed by atoms with van der Waals surface area (Å²) in [7, 11) is 0. The minimum absolute atomic E-state index is 0.0418. The van der Waals surface area contributed by atoms with E-state index in [-0.39, 0.29) is 5.78 Å².